The highest BCUT2D eigenvalue weighted by Crippen LogP contribution is 2.41. The smallest absolute Gasteiger partial charge is 0.0547 e. The fraction of sp³-hybridized carbons (Fsp3) is 0. The van der Waals surface area contributed by atoms with Crippen LogP contribution in [-0.2, 0) is 0 Å². The molecular weight excluding hydrogens is 591 g/mol. The molecule has 0 radical (unpaired) electrons. The number of fused-ring (bicyclic) bond motifs is 13. The molecule has 0 aliphatic heterocycles. The molecule has 0 aliphatic rings. The van der Waals surface area contributed by atoms with E-state index < -0.39 is 0 Å². The second-order valence-corrected chi connectivity index (χ2v) is 13.3. The van der Waals surface area contributed by atoms with Crippen molar-refractivity contribution < 1.29 is 0 Å². The Labute approximate surface area is 282 Å². The minimum atomic E-state index is 1.17. The Kier molecular flexibility index (Phi) is 5.45. The second kappa shape index (κ2) is 10.0. The van der Waals surface area contributed by atoms with Crippen LogP contribution >= 0.6 is 0 Å². The van der Waals surface area contributed by atoms with Gasteiger partial charge in [0.15, 0.2) is 0 Å². The lowest BCUT2D eigenvalue weighted by Gasteiger charge is -2.14. The average Bonchev–Trinajstić information content (AvgIpc) is 3.51. The van der Waals surface area contributed by atoms with E-state index >= 15 is 0 Å². The molecule has 0 saturated carbocycles. The molecule has 49 heavy (non-hydrogen) atoms. The summed E-state index contributed by atoms with van der Waals surface area (Å²) in [4.78, 5) is 0. The van der Waals surface area contributed by atoms with E-state index in [0.29, 0.717) is 0 Å². The molecule has 0 saturated heterocycles. The maximum absolute atomic E-state index is 2.43. The van der Waals surface area contributed by atoms with E-state index in [4.69, 9.17) is 0 Å². The summed E-state index contributed by atoms with van der Waals surface area (Å²) in [6.07, 6.45) is 0. The molecule has 1 heteroatoms. The lowest BCUT2D eigenvalue weighted by atomic mass is 9.90. The van der Waals surface area contributed by atoms with Crippen LogP contribution < -0.4 is 0 Å². The number of hydrogen-bond acceptors (Lipinski definition) is 0. The zero-order valence-electron chi connectivity index (χ0n) is 26.7. The third-order valence-electron chi connectivity index (χ3n) is 10.7. The molecule has 0 atom stereocenters. The number of rotatable bonds is 2. The highest BCUT2D eigenvalue weighted by molar-refractivity contribution is 6.28. The minimum absolute atomic E-state index is 1.17. The van der Waals surface area contributed by atoms with Crippen molar-refractivity contribution in [2.24, 2.45) is 0 Å². The van der Waals surface area contributed by atoms with Crippen LogP contribution in [0.25, 0.3) is 103 Å². The van der Waals surface area contributed by atoms with Gasteiger partial charge in [0.1, 0.15) is 0 Å². The number of aromatic nitrogens is 1. The summed E-state index contributed by atoms with van der Waals surface area (Å²) in [5.41, 5.74) is 6.09. The Morgan fingerprint density at radius 3 is 1.57 bits per heavy atom. The summed E-state index contributed by atoms with van der Waals surface area (Å²) in [6, 6.07) is 65.1. The van der Waals surface area contributed by atoms with Gasteiger partial charge in [-0.1, -0.05) is 127 Å². The van der Waals surface area contributed by atoms with Crippen molar-refractivity contribution in [3.05, 3.63) is 176 Å². The van der Waals surface area contributed by atoms with Gasteiger partial charge in [0.25, 0.3) is 0 Å². The van der Waals surface area contributed by atoms with Crippen LogP contribution in [0.5, 0.6) is 0 Å². The highest BCUT2D eigenvalue weighted by atomic mass is 15.0. The van der Waals surface area contributed by atoms with Gasteiger partial charge < -0.3 is 4.57 Å². The average molecular weight is 620 g/mol. The summed E-state index contributed by atoms with van der Waals surface area (Å²) in [6.45, 7) is 0. The van der Waals surface area contributed by atoms with Crippen molar-refractivity contribution in [2.75, 3.05) is 0 Å². The predicted molar refractivity (Wildman–Crippen MR) is 211 cm³/mol. The van der Waals surface area contributed by atoms with Crippen molar-refractivity contribution in [3.8, 4) is 16.8 Å². The van der Waals surface area contributed by atoms with Crippen LogP contribution in [0.2, 0.25) is 0 Å². The summed E-state index contributed by atoms with van der Waals surface area (Å²) in [7, 11) is 0. The van der Waals surface area contributed by atoms with E-state index in [1.165, 1.54) is 103 Å². The van der Waals surface area contributed by atoms with Gasteiger partial charge in [-0.15, -0.1) is 0 Å². The first-order valence-corrected chi connectivity index (χ1v) is 17.0. The highest BCUT2D eigenvalue weighted by Gasteiger charge is 2.16. The van der Waals surface area contributed by atoms with Gasteiger partial charge in [0.05, 0.1) is 11.0 Å². The van der Waals surface area contributed by atoms with Crippen LogP contribution in [-0.4, -0.2) is 4.57 Å². The van der Waals surface area contributed by atoms with Crippen molar-refractivity contribution >= 4 is 86.4 Å². The van der Waals surface area contributed by atoms with E-state index in [1.54, 1.807) is 0 Å². The minimum Gasteiger partial charge on any atom is -0.309 e. The van der Waals surface area contributed by atoms with Gasteiger partial charge in [-0.2, -0.15) is 0 Å². The Balaban J connectivity index is 1.11. The molecule has 0 amide bonds. The van der Waals surface area contributed by atoms with Crippen molar-refractivity contribution in [1.29, 1.82) is 0 Å². The summed E-state index contributed by atoms with van der Waals surface area (Å²) < 4.78 is 2.43. The van der Waals surface area contributed by atoms with Crippen molar-refractivity contribution in [1.82, 2.24) is 4.57 Å². The lowest BCUT2D eigenvalue weighted by Crippen LogP contribution is -1.94. The van der Waals surface area contributed by atoms with Gasteiger partial charge in [-0.3, -0.25) is 0 Å². The first-order valence-electron chi connectivity index (χ1n) is 17.0. The SMILES string of the molecule is c1ccc2cc3c(ccc4c3c3ccccc3n4-c3ccc(-c4cccc5cc6c7ccccc7c7ccccc7c6cc45)cc3)cc2c1. The maximum Gasteiger partial charge on any atom is 0.0547 e. The van der Waals surface area contributed by atoms with Crippen LogP contribution in [0.4, 0.5) is 0 Å². The van der Waals surface area contributed by atoms with Crippen LogP contribution in [0.1, 0.15) is 0 Å². The topological polar surface area (TPSA) is 4.93 Å². The second-order valence-electron chi connectivity index (χ2n) is 13.3. The molecule has 11 rings (SSSR count). The number of hydrogen-bond donors (Lipinski definition) is 0. The standard InChI is InChI=1S/C48H29N/c1-2-11-32-27-43-34(26-31(32)10-1)22-25-47-48(43)41-17-7-8-19-46(41)49(47)35-23-20-30(21-24-35)36-18-9-12-33-28-44-39-15-5-3-13-37(39)38-14-4-6-16-40(38)45(44)29-42(33)36/h1-29H. The Morgan fingerprint density at radius 1 is 0.286 bits per heavy atom. The molecule has 226 valence electrons. The fourth-order valence-corrected chi connectivity index (χ4v) is 8.48. The summed E-state index contributed by atoms with van der Waals surface area (Å²) in [5.74, 6) is 0. The molecule has 1 aromatic heterocycles. The third kappa shape index (κ3) is 3.82. The Bertz CT molecular complexity index is 3140. The van der Waals surface area contributed by atoms with Gasteiger partial charge in [-0.25, -0.2) is 0 Å². The number of nitrogens with zero attached hydrogens (tertiary/aromatic N) is 1. The number of benzene rings is 10. The fourth-order valence-electron chi connectivity index (χ4n) is 8.48. The largest absolute Gasteiger partial charge is 0.309 e. The van der Waals surface area contributed by atoms with Gasteiger partial charge in [0, 0.05) is 16.5 Å². The van der Waals surface area contributed by atoms with Gasteiger partial charge >= 0.3 is 0 Å². The molecule has 0 bridgehead atoms. The molecule has 10 aromatic carbocycles. The normalized spacial score (nSPS) is 12.1. The van der Waals surface area contributed by atoms with Gasteiger partial charge in [0.2, 0.25) is 0 Å². The molecule has 11 aromatic rings. The van der Waals surface area contributed by atoms with Crippen molar-refractivity contribution in [2.45, 2.75) is 0 Å². The molecule has 0 fully saturated rings. The lowest BCUT2D eigenvalue weighted by molar-refractivity contribution is 1.18. The van der Waals surface area contributed by atoms with E-state index in [9.17, 15) is 0 Å². The van der Waals surface area contributed by atoms with Crippen LogP contribution in [0.3, 0.4) is 0 Å². The monoisotopic (exact) mass is 619 g/mol. The van der Waals surface area contributed by atoms with E-state index in [2.05, 4.69) is 180 Å². The zero-order chi connectivity index (χ0) is 32.1. The molecule has 0 spiro atoms. The molecule has 0 N–H and O–H groups in total. The van der Waals surface area contributed by atoms with E-state index in [0.717, 1.165) is 0 Å². The molecule has 0 aliphatic carbocycles. The third-order valence-corrected chi connectivity index (χ3v) is 10.7. The molecule has 1 nitrogen and oxygen atoms in total. The van der Waals surface area contributed by atoms with Crippen molar-refractivity contribution in [3.63, 3.8) is 0 Å². The quantitative estimate of drug-likeness (QED) is 0.134. The summed E-state index contributed by atoms with van der Waals surface area (Å²) in [5, 5.41) is 18.1. The first-order chi connectivity index (χ1) is 24.3. The molecule has 1 heterocycles. The predicted octanol–water partition coefficient (Wildman–Crippen LogP) is 13.4. The zero-order valence-corrected chi connectivity index (χ0v) is 26.7. The van der Waals surface area contributed by atoms with E-state index in [-0.39, 0.29) is 0 Å². The van der Waals surface area contributed by atoms with Crippen LogP contribution in [0, 0.1) is 0 Å². The van der Waals surface area contributed by atoms with E-state index in [1.807, 2.05) is 0 Å². The Morgan fingerprint density at radius 2 is 0.837 bits per heavy atom. The Hall–Kier alpha value is -6.44. The summed E-state index contributed by atoms with van der Waals surface area (Å²) >= 11 is 0. The number of para-hydroxylation sites is 1. The molecule has 0 unspecified atom stereocenters. The van der Waals surface area contributed by atoms with Gasteiger partial charge in [-0.05, 0) is 124 Å². The van der Waals surface area contributed by atoms with Crippen LogP contribution in [0.15, 0.2) is 176 Å². The molecular formula is C48H29N. The first kappa shape index (κ1) is 26.6. The maximum atomic E-state index is 2.43.